The first kappa shape index (κ1) is 10.1. The second-order valence-corrected chi connectivity index (χ2v) is 4.82. The molecular weight excluding hydrogens is 198 g/mol. The van der Waals surface area contributed by atoms with E-state index in [-0.39, 0.29) is 0 Å². The lowest BCUT2D eigenvalue weighted by molar-refractivity contribution is 0.133. The van der Waals surface area contributed by atoms with Crippen molar-refractivity contribution >= 4 is 5.82 Å². The molecule has 0 bridgehead atoms. The van der Waals surface area contributed by atoms with Gasteiger partial charge in [0.05, 0.1) is 0 Å². The molecule has 3 heteroatoms. The lowest BCUT2D eigenvalue weighted by Crippen LogP contribution is -2.55. The van der Waals surface area contributed by atoms with Crippen LogP contribution in [0.15, 0.2) is 24.4 Å². The van der Waals surface area contributed by atoms with Gasteiger partial charge in [-0.3, -0.25) is 4.90 Å². The van der Waals surface area contributed by atoms with Crippen LogP contribution in [0.2, 0.25) is 0 Å². The Morgan fingerprint density at radius 1 is 1.12 bits per heavy atom. The first-order chi connectivity index (χ1) is 7.93. The van der Waals surface area contributed by atoms with E-state index in [1.54, 1.807) is 0 Å². The molecule has 1 atom stereocenters. The summed E-state index contributed by atoms with van der Waals surface area (Å²) in [6, 6.07) is 6.96. The topological polar surface area (TPSA) is 19.4 Å². The highest BCUT2D eigenvalue weighted by Crippen LogP contribution is 2.23. The first-order valence-corrected chi connectivity index (χ1v) is 6.33. The van der Waals surface area contributed by atoms with Gasteiger partial charge in [-0.1, -0.05) is 12.5 Å². The SMILES string of the molecule is c1ccc(N2CCN3CCCCC3C2)nc1. The number of rotatable bonds is 1. The standard InChI is InChI=1S/C13H19N3/c1-3-7-14-13(6-1)16-10-9-15-8-4-2-5-12(15)11-16/h1,3,6-7,12H,2,4-5,8-11H2. The number of anilines is 1. The molecular formula is C13H19N3. The van der Waals surface area contributed by atoms with Crippen LogP contribution in [0.1, 0.15) is 19.3 Å². The van der Waals surface area contributed by atoms with Gasteiger partial charge in [0.25, 0.3) is 0 Å². The van der Waals surface area contributed by atoms with Crippen molar-refractivity contribution in [1.82, 2.24) is 9.88 Å². The number of hydrogen-bond donors (Lipinski definition) is 0. The molecule has 1 unspecified atom stereocenters. The second-order valence-electron chi connectivity index (χ2n) is 4.82. The zero-order valence-electron chi connectivity index (χ0n) is 9.68. The highest BCUT2D eigenvalue weighted by molar-refractivity contribution is 5.38. The Hall–Kier alpha value is -1.09. The normalized spacial score (nSPS) is 26.5. The third-order valence-electron chi connectivity index (χ3n) is 3.81. The fraction of sp³-hybridized carbons (Fsp3) is 0.615. The number of aromatic nitrogens is 1. The Labute approximate surface area is 97.1 Å². The Morgan fingerprint density at radius 3 is 3.00 bits per heavy atom. The second kappa shape index (κ2) is 4.42. The van der Waals surface area contributed by atoms with Crippen LogP contribution in [0.3, 0.4) is 0 Å². The van der Waals surface area contributed by atoms with Gasteiger partial charge in [-0.05, 0) is 31.5 Å². The largest absolute Gasteiger partial charge is 0.354 e. The molecule has 2 aliphatic heterocycles. The van der Waals surface area contributed by atoms with Crippen LogP contribution < -0.4 is 4.90 Å². The van der Waals surface area contributed by atoms with Crippen molar-refractivity contribution in [1.29, 1.82) is 0 Å². The van der Waals surface area contributed by atoms with Crippen molar-refractivity contribution in [2.24, 2.45) is 0 Å². The van der Waals surface area contributed by atoms with E-state index >= 15 is 0 Å². The predicted molar refractivity (Wildman–Crippen MR) is 65.7 cm³/mol. The molecule has 0 N–H and O–H groups in total. The molecule has 3 heterocycles. The van der Waals surface area contributed by atoms with Gasteiger partial charge in [0.15, 0.2) is 0 Å². The van der Waals surface area contributed by atoms with Gasteiger partial charge < -0.3 is 4.90 Å². The minimum atomic E-state index is 0.768. The van der Waals surface area contributed by atoms with E-state index in [2.05, 4.69) is 26.9 Å². The number of fused-ring (bicyclic) bond motifs is 1. The minimum Gasteiger partial charge on any atom is -0.354 e. The molecule has 2 saturated heterocycles. The molecule has 0 saturated carbocycles. The van der Waals surface area contributed by atoms with Crippen molar-refractivity contribution in [2.45, 2.75) is 25.3 Å². The summed E-state index contributed by atoms with van der Waals surface area (Å²) in [6.07, 6.45) is 6.04. The van der Waals surface area contributed by atoms with E-state index in [0.717, 1.165) is 24.9 Å². The fourth-order valence-corrected chi connectivity index (χ4v) is 2.90. The maximum absolute atomic E-state index is 4.45. The number of piperidine rings is 1. The smallest absolute Gasteiger partial charge is 0.128 e. The molecule has 1 aromatic rings. The summed E-state index contributed by atoms with van der Waals surface area (Å²) in [7, 11) is 0. The summed E-state index contributed by atoms with van der Waals surface area (Å²) in [5.41, 5.74) is 0. The van der Waals surface area contributed by atoms with E-state index < -0.39 is 0 Å². The molecule has 0 amide bonds. The zero-order chi connectivity index (χ0) is 10.8. The average molecular weight is 217 g/mol. The van der Waals surface area contributed by atoms with E-state index in [9.17, 15) is 0 Å². The minimum absolute atomic E-state index is 0.768. The van der Waals surface area contributed by atoms with Crippen molar-refractivity contribution < 1.29 is 0 Å². The number of pyridine rings is 1. The average Bonchev–Trinajstić information content (AvgIpc) is 2.39. The van der Waals surface area contributed by atoms with Crippen LogP contribution in [0.25, 0.3) is 0 Å². The highest BCUT2D eigenvalue weighted by Gasteiger charge is 2.29. The zero-order valence-corrected chi connectivity index (χ0v) is 9.68. The van der Waals surface area contributed by atoms with Gasteiger partial charge in [0.1, 0.15) is 5.82 Å². The van der Waals surface area contributed by atoms with Crippen molar-refractivity contribution in [2.75, 3.05) is 31.1 Å². The summed E-state index contributed by atoms with van der Waals surface area (Å²) in [5.74, 6) is 1.15. The Bertz CT molecular complexity index is 338. The van der Waals surface area contributed by atoms with E-state index in [1.165, 1.54) is 32.4 Å². The monoisotopic (exact) mass is 217 g/mol. The van der Waals surface area contributed by atoms with Crippen LogP contribution >= 0.6 is 0 Å². The number of nitrogens with zero attached hydrogens (tertiary/aromatic N) is 3. The van der Waals surface area contributed by atoms with Crippen LogP contribution in [0.5, 0.6) is 0 Å². The Kier molecular flexibility index (Phi) is 2.79. The lowest BCUT2D eigenvalue weighted by atomic mass is 9.99. The van der Waals surface area contributed by atoms with Crippen LogP contribution in [-0.4, -0.2) is 42.1 Å². The molecule has 0 spiro atoms. The molecule has 0 aromatic carbocycles. The maximum atomic E-state index is 4.45. The van der Waals surface area contributed by atoms with E-state index in [4.69, 9.17) is 0 Å². The third kappa shape index (κ3) is 1.92. The first-order valence-electron chi connectivity index (χ1n) is 6.33. The molecule has 3 rings (SSSR count). The summed E-state index contributed by atoms with van der Waals surface area (Å²) in [4.78, 5) is 9.54. The van der Waals surface area contributed by atoms with Crippen molar-refractivity contribution in [3.63, 3.8) is 0 Å². The van der Waals surface area contributed by atoms with Gasteiger partial charge in [-0.2, -0.15) is 0 Å². The maximum Gasteiger partial charge on any atom is 0.128 e. The Morgan fingerprint density at radius 2 is 2.12 bits per heavy atom. The van der Waals surface area contributed by atoms with Gasteiger partial charge in [0, 0.05) is 31.9 Å². The molecule has 16 heavy (non-hydrogen) atoms. The number of piperazine rings is 1. The molecule has 86 valence electrons. The molecule has 2 fully saturated rings. The van der Waals surface area contributed by atoms with Crippen LogP contribution in [0.4, 0.5) is 5.82 Å². The molecule has 0 radical (unpaired) electrons. The third-order valence-corrected chi connectivity index (χ3v) is 3.81. The number of hydrogen-bond acceptors (Lipinski definition) is 3. The summed E-state index contributed by atoms with van der Waals surface area (Å²) >= 11 is 0. The lowest BCUT2D eigenvalue weighted by Gasteiger charge is -2.44. The predicted octanol–water partition coefficient (Wildman–Crippen LogP) is 1.76. The Balaban J connectivity index is 1.71. The van der Waals surface area contributed by atoms with Gasteiger partial charge in [0.2, 0.25) is 0 Å². The molecule has 0 aliphatic carbocycles. The van der Waals surface area contributed by atoms with Gasteiger partial charge in [-0.25, -0.2) is 4.98 Å². The fourth-order valence-electron chi connectivity index (χ4n) is 2.90. The van der Waals surface area contributed by atoms with Crippen LogP contribution in [-0.2, 0) is 0 Å². The summed E-state index contributed by atoms with van der Waals surface area (Å²) in [6.45, 7) is 4.81. The van der Waals surface area contributed by atoms with Crippen LogP contribution in [0, 0.1) is 0 Å². The van der Waals surface area contributed by atoms with Gasteiger partial charge >= 0.3 is 0 Å². The quantitative estimate of drug-likeness (QED) is 0.714. The van der Waals surface area contributed by atoms with E-state index in [1.807, 2.05) is 12.3 Å². The summed E-state index contributed by atoms with van der Waals surface area (Å²) in [5, 5.41) is 0. The highest BCUT2D eigenvalue weighted by atomic mass is 15.3. The van der Waals surface area contributed by atoms with Crippen molar-refractivity contribution in [3.05, 3.63) is 24.4 Å². The van der Waals surface area contributed by atoms with Crippen molar-refractivity contribution in [3.8, 4) is 0 Å². The molecule has 2 aliphatic rings. The van der Waals surface area contributed by atoms with E-state index in [0.29, 0.717) is 0 Å². The molecule has 3 nitrogen and oxygen atoms in total. The molecule has 1 aromatic heterocycles. The van der Waals surface area contributed by atoms with Gasteiger partial charge in [-0.15, -0.1) is 0 Å². The summed E-state index contributed by atoms with van der Waals surface area (Å²) < 4.78 is 0.